The first-order chi connectivity index (χ1) is 14.0. The molecule has 1 heterocycles. The minimum absolute atomic E-state index is 0.0605. The van der Waals surface area contributed by atoms with Crippen molar-refractivity contribution in [3.8, 4) is 5.75 Å². The molecule has 9 heteroatoms. The Hall–Kier alpha value is -2.68. The predicted molar refractivity (Wildman–Crippen MR) is 110 cm³/mol. The largest absolute Gasteiger partial charge is 0.484 e. The van der Waals surface area contributed by atoms with E-state index in [1.54, 1.807) is 6.92 Å². The van der Waals surface area contributed by atoms with Gasteiger partial charge in [-0.1, -0.05) is 6.08 Å². The summed E-state index contributed by atoms with van der Waals surface area (Å²) in [5.41, 5.74) is 1.32. The van der Waals surface area contributed by atoms with Gasteiger partial charge >= 0.3 is 6.18 Å². The molecule has 2 unspecified atom stereocenters. The third kappa shape index (κ3) is 7.98. The Morgan fingerprint density at radius 1 is 1.30 bits per heavy atom. The Kier molecular flexibility index (Phi) is 9.71. The molecule has 0 aromatic heterocycles. The van der Waals surface area contributed by atoms with Crippen LogP contribution < -0.4 is 15.4 Å². The molecule has 0 saturated heterocycles. The molecule has 168 valence electrons. The van der Waals surface area contributed by atoms with Gasteiger partial charge in [-0.2, -0.15) is 13.2 Å². The van der Waals surface area contributed by atoms with Crippen LogP contribution in [-0.2, 0) is 0 Å². The number of likely N-dealkylation sites (N-methyl/N-ethyl adjacent to an activating group) is 1. The fraction of sp³-hybridized carbons (Fsp3) is 0.476. The second-order valence-electron chi connectivity index (χ2n) is 6.74. The molecule has 1 amide bonds. The molecule has 1 aliphatic heterocycles. The van der Waals surface area contributed by atoms with Crippen molar-refractivity contribution in [2.24, 2.45) is 0 Å². The molecule has 1 aromatic rings. The summed E-state index contributed by atoms with van der Waals surface area (Å²) < 4.78 is 41.1. The van der Waals surface area contributed by atoms with Crippen molar-refractivity contribution in [2.75, 3.05) is 27.3 Å². The molecule has 2 rings (SSSR count). The van der Waals surface area contributed by atoms with E-state index in [0.717, 1.165) is 11.4 Å². The lowest BCUT2D eigenvalue weighted by Crippen LogP contribution is -2.39. The number of carbonyl (C=O) groups excluding carboxylic acids is 1. The van der Waals surface area contributed by atoms with Crippen LogP contribution in [0.25, 0.3) is 0 Å². The topological polar surface area (TPSA) is 73.8 Å². The van der Waals surface area contributed by atoms with Gasteiger partial charge in [0.05, 0.1) is 6.04 Å². The van der Waals surface area contributed by atoms with Crippen molar-refractivity contribution in [1.29, 1.82) is 0 Å². The van der Waals surface area contributed by atoms with Crippen LogP contribution in [0.5, 0.6) is 5.75 Å². The number of ether oxygens (including phenoxy) is 1. The van der Waals surface area contributed by atoms with Gasteiger partial charge in [-0.05, 0) is 56.7 Å². The van der Waals surface area contributed by atoms with Gasteiger partial charge in [0, 0.05) is 32.3 Å². The van der Waals surface area contributed by atoms with Crippen LogP contribution in [-0.4, -0.2) is 61.5 Å². The van der Waals surface area contributed by atoms with E-state index in [1.807, 2.05) is 27.1 Å². The molecule has 0 fully saturated rings. The van der Waals surface area contributed by atoms with Gasteiger partial charge in [0.25, 0.3) is 5.91 Å². The van der Waals surface area contributed by atoms with E-state index in [4.69, 9.17) is 5.11 Å². The molecule has 0 spiro atoms. The number of hydrogen-bond donors (Lipinski definition) is 3. The molecular weight excluding hydrogens is 399 g/mol. The summed E-state index contributed by atoms with van der Waals surface area (Å²) in [6.07, 6.45) is -0.358. The standard InChI is InChI=1S/C19H24F3N3O2.C2H6O/c1-12-9-15(10-17(23-3)25(12)4)13(2)24-18(26)14-5-7-16(8-6-14)27-11-19(20,21)22;1-2-3/h5-10,12-13,23H,11H2,1-4H3,(H,24,26);3H,2H2,1H3. The van der Waals surface area contributed by atoms with Gasteiger partial charge in [-0.3, -0.25) is 4.79 Å². The van der Waals surface area contributed by atoms with Crippen LogP contribution in [0.4, 0.5) is 13.2 Å². The van der Waals surface area contributed by atoms with Crippen molar-refractivity contribution in [3.63, 3.8) is 0 Å². The van der Waals surface area contributed by atoms with E-state index in [-0.39, 0.29) is 30.3 Å². The number of nitrogens with one attached hydrogen (secondary N) is 2. The second kappa shape index (κ2) is 11.5. The second-order valence-corrected chi connectivity index (χ2v) is 6.74. The zero-order valence-corrected chi connectivity index (χ0v) is 17.9. The van der Waals surface area contributed by atoms with Crippen molar-refractivity contribution >= 4 is 5.91 Å². The van der Waals surface area contributed by atoms with Crippen LogP contribution in [0.15, 0.2) is 47.8 Å². The zero-order chi connectivity index (χ0) is 22.9. The number of benzene rings is 1. The first-order valence-electron chi connectivity index (χ1n) is 9.57. The van der Waals surface area contributed by atoms with E-state index in [1.165, 1.54) is 24.3 Å². The number of hydrogen-bond acceptors (Lipinski definition) is 5. The molecule has 6 nitrogen and oxygen atoms in total. The summed E-state index contributed by atoms with van der Waals surface area (Å²) >= 11 is 0. The minimum Gasteiger partial charge on any atom is -0.484 e. The van der Waals surface area contributed by atoms with E-state index in [0.29, 0.717) is 5.56 Å². The van der Waals surface area contributed by atoms with Crippen molar-refractivity contribution in [3.05, 3.63) is 53.4 Å². The van der Waals surface area contributed by atoms with Gasteiger partial charge < -0.3 is 25.4 Å². The maximum Gasteiger partial charge on any atom is 0.422 e. The first-order valence-corrected chi connectivity index (χ1v) is 9.57. The average molecular weight is 429 g/mol. The highest BCUT2D eigenvalue weighted by atomic mass is 19.4. The van der Waals surface area contributed by atoms with Gasteiger partial charge in [-0.15, -0.1) is 0 Å². The fourth-order valence-corrected chi connectivity index (χ4v) is 2.67. The molecule has 1 aliphatic rings. The molecule has 30 heavy (non-hydrogen) atoms. The fourth-order valence-electron chi connectivity index (χ4n) is 2.67. The Bertz CT molecular complexity index is 746. The monoisotopic (exact) mass is 429 g/mol. The maximum absolute atomic E-state index is 12.4. The Balaban J connectivity index is 0.00000141. The third-order valence-electron chi connectivity index (χ3n) is 4.35. The normalized spacial score (nSPS) is 17.1. The molecule has 0 radical (unpaired) electrons. The van der Waals surface area contributed by atoms with E-state index in [9.17, 15) is 18.0 Å². The van der Waals surface area contributed by atoms with Gasteiger partial charge in [-0.25, -0.2) is 0 Å². The number of carbonyl (C=O) groups is 1. The lowest BCUT2D eigenvalue weighted by molar-refractivity contribution is -0.153. The molecule has 0 bridgehead atoms. The van der Waals surface area contributed by atoms with Gasteiger partial charge in [0.15, 0.2) is 6.61 Å². The summed E-state index contributed by atoms with van der Waals surface area (Å²) in [7, 11) is 3.82. The summed E-state index contributed by atoms with van der Waals surface area (Å²) in [5.74, 6) is 0.703. The Morgan fingerprint density at radius 2 is 1.87 bits per heavy atom. The highest BCUT2D eigenvalue weighted by molar-refractivity contribution is 5.94. The number of halogens is 3. The average Bonchev–Trinajstić information content (AvgIpc) is 2.68. The zero-order valence-electron chi connectivity index (χ0n) is 17.9. The summed E-state index contributed by atoms with van der Waals surface area (Å²) in [4.78, 5) is 14.5. The summed E-state index contributed by atoms with van der Waals surface area (Å²) in [6.45, 7) is 4.50. The van der Waals surface area contributed by atoms with Gasteiger partial charge in [0.1, 0.15) is 11.6 Å². The third-order valence-corrected chi connectivity index (χ3v) is 4.35. The lowest BCUT2D eigenvalue weighted by Gasteiger charge is -2.33. The van der Waals surface area contributed by atoms with E-state index in [2.05, 4.69) is 33.3 Å². The number of aliphatic hydroxyl groups excluding tert-OH is 1. The molecular formula is C21H30F3N3O3. The number of aliphatic hydroxyl groups is 1. The van der Waals surface area contributed by atoms with Crippen molar-refractivity contribution in [1.82, 2.24) is 15.5 Å². The van der Waals surface area contributed by atoms with Crippen molar-refractivity contribution < 1.29 is 27.8 Å². The van der Waals surface area contributed by atoms with Crippen LogP contribution in [0.3, 0.4) is 0 Å². The highest BCUT2D eigenvalue weighted by Gasteiger charge is 2.28. The van der Waals surface area contributed by atoms with Crippen LogP contribution in [0.1, 0.15) is 31.1 Å². The van der Waals surface area contributed by atoms with Crippen molar-refractivity contribution in [2.45, 2.75) is 39.0 Å². The minimum atomic E-state index is -4.40. The number of rotatable bonds is 6. The molecule has 0 aliphatic carbocycles. The lowest BCUT2D eigenvalue weighted by atomic mass is 10.0. The SMILES string of the molecule is CCO.CNC1=CC(C(C)NC(=O)c2ccc(OCC(F)(F)F)cc2)=CC(C)N1C. The summed E-state index contributed by atoms with van der Waals surface area (Å²) in [6, 6.07) is 5.53. The predicted octanol–water partition coefficient (Wildman–Crippen LogP) is 3.07. The van der Waals surface area contributed by atoms with Crippen LogP contribution in [0.2, 0.25) is 0 Å². The molecule has 3 N–H and O–H groups in total. The van der Waals surface area contributed by atoms with E-state index < -0.39 is 12.8 Å². The molecule has 1 aromatic carbocycles. The molecule has 0 saturated carbocycles. The van der Waals surface area contributed by atoms with Gasteiger partial charge in [0.2, 0.25) is 0 Å². The van der Waals surface area contributed by atoms with E-state index >= 15 is 0 Å². The summed E-state index contributed by atoms with van der Waals surface area (Å²) in [5, 5.41) is 13.6. The van der Waals surface area contributed by atoms with Crippen LogP contribution >= 0.6 is 0 Å². The smallest absolute Gasteiger partial charge is 0.422 e. The molecule has 2 atom stereocenters. The number of amides is 1. The first kappa shape index (κ1) is 25.4. The number of alkyl halides is 3. The Morgan fingerprint density at radius 3 is 2.37 bits per heavy atom. The maximum atomic E-state index is 12.4. The number of nitrogens with zero attached hydrogens (tertiary/aromatic N) is 1. The highest BCUT2D eigenvalue weighted by Crippen LogP contribution is 2.21. The quantitative estimate of drug-likeness (QED) is 0.648. The Labute approximate surface area is 175 Å². The van der Waals surface area contributed by atoms with Crippen LogP contribution in [0, 0.1) is 0 Å².